The largest absolute Gasteiger partial charge is 0.340 e. The SMILES string of the molecule is CC1=NC2C=CC=CN2C1c1ccccc1. The zero-order valence-corrected chi connectivity index (χ0v) is 9.25. The van der Waals surface area contributed by atoms with Gasteiger partial charge in [0.25, 0.3) is 0 Å². The third-order valence-corrected chi connectivity index (χ3v) is 3.10. The summed E-state index contributed by atoms with van der Waals surface area (Å²) in [6.45, 7) is 2.11. The molecule has 2 atom stereocenters. The topological polar surface area (TPSA) is 15.6 Å². The molecule has 0 aliphatic carbocycles. The van der Waals surface area contributed by atoms with E-state index in [4.69, 9.17) is 0 Å². The van der Waals surface area contributed by atoms with Gasteiger partial charge in [-0.15, -0.1) is 0 Å². The highest BCUT2D eigenvalue weighted by Crippen LogP contribution is 2.32. The minimum absolute atomic E-state index is 0.190. The van der Waals surface area contributed by atoms with Crippen LogP contribution in [0.1, 0.15) is 18.5 Å². The predicted molar refractivity (Wildman–Crippen MR) is 66.2 cm³/mol. The molecule has 80 valence electrons. The average molecular weight is 210 g/mol. The maximum atomic E-state index is 4.67. The number of fused-ring (bicyclic) bond motifs is 1. The molecular weight excluding hydrogens is 196 g/mol. The van der Waals surface area contributed by atoms with Crippen LogP contribution in [0.5, 0.6) is 0 Å². The van der Waals surface area contributed by atoms with Crippen LogP contribution in [0.15, 0.2) is 59.8 Å². The molecule has 16 heavy (non-hydrogen) atoms. The third kappa shape index (κ3) is 1.38. The van der Waals surface area contributed by atoms with E-state index in [-0.39, 0.29) is 6.17 Å². The number of hydrogen-bond donors (Lipinski definition) is 0. The van der Waals surface area contributed by atoms with Gasteiger partial charge in [-0.05, 0) is 24.6 Å². The van der Waals surface area contributed by atoms with Crippen molar-refractivity contribution in [1.29, 1.82) is 0 Å². The van der Waals surface area contributed by atoms with E-state index in [1.807, 2.05) is 6.07 Å². The van der Waals surface area contributed by atoms with Crippen molar-refractivity contribution in [3.8, 4) is 0 Å². The summed E-state index contributed by atoms with van der Waals surface area (Å²) in [4.78, 5) is 6.97. The molecule has 0 N–H and O–H groups in total. The molecule has 2 nitrogen and oxygen atoms in total. The highest BCUT2D eigenvalue weighted by molar-refractivity contribution is 5.90. The number of rotatable bonds is 1. The lowest BCUT2D eigenvalue weighted by Crippen LogP contribution is -2.29. The molecule has 0 amide bonds. The van der Waals surface area contributed by atoms with E-state index in [0.29, 0.717) is 6.04 Å². The van der Waals surface area contributed by atoms with Crippen molar-refractivity contribution >= 4 is 5.71 Å². The summed E-state index contributed by atoms with van der Waals surface area (Å²) < 4.78 is 0. The molecule has 2 heteroatoms. The second-order valence-electron chi connectivity index (χ2n) is 4.17. The Morgan fingerprint density at radius 3 is 2.75 bits per heavy atom. The molecule has 1 aromatic rings. The van der Waals surface area contributed by atoms with Crippen molar-refractivity contribution in [2.24, 2.45) is 4.99 Å². The zero-order chi connectivity index (χ0) is 11.0. The van der Waals surface area contributed by atoms with Crippen LogP contribution >= 0.6 is 0 Å². The molecule has 2 heterocycles. The fourth-order valence-electron chi connectivity index (χ4n) is 2.39. The van der Waals surface area contributed by atoms with Gasteiger partial charge >= 0.3 is 0 Å². The summed E-state index contributed by atoms with van der Waals surface area (Å²) in [5, 5.41) is 0. The first-order valence-corrected chi connectivity index (χ1v) is 5.58. The van der Waals surface area contributed by atoms with Gasteiger partial charge in [0.2, 0.25) is 0 Å². The second kappa shape index (κ2) is 3.63. The predicted octanol–water partition coefficient (Wildman–Crippen LogP) is 2.91. The molecule has 3 rings (SSSR count). The average Bonchev–Trinajstić information content (AvgIpc) is 2.66. The molecule has 2 aliphatic rings. The van der Waals surface area contributed by atoms with E-state index >= 15 is 0 Å². The van der Waals surface area contributed by atoms with Crippen LogP contribution in [0.4, 0.5) is 0 Å². The van der Waals surface area contributed by atoms with Crippen molar-refractivity contribution in [2.75, 3.05) is 0 Å². The number of aliphatic imine (C=N–C) groups is 1. The summed E-state index contributed by atoms with van der Waals surface area (Å²) in [5.41, 5.74) is 2.50. The van der Waals surface area contributed by atoms with Crippen LogP contribution in [0.2, 0.25) is 0 Å². The molecule has 0 radical (unpaired) electrons. The summed E-state index contributed by atoms with van der Waals surface area (Å²) in [7, 11) is 0. The molecule has 1 aromatic carbocycles. The van der Waals surface area contributed by atoms with E-state index in [9.17, 15) is 0 Å². The van der Waals surface area contributed by atoms with E-state index < -0.39 is 0 Å². The maximum Gasteiger partial charge on any atom is 0.140 e. The minimum Gasteiger partial charge on any atom is -0.340 e. The second-order valence-corrected chi connectivity index (χ2v) is 4.17. The fraction of sp³-hybridized carbons (Fsp3) is 0.214. The van der Waals surface area contributed by atoms with Gasteiger partial charge in [0.05, 0.1) is 6.04 Å². The van der Waals surface area contributed by atoms with E-state index in [1.165, 1.54) is 11.3 Å². The van der Waals surface area contributed by atoms with Crippen molar-refractivity contribution in [3.63, 3.8) is 0 Å². The van der Waals surface area contributed by atoms with Gasteiger partial charge in [-0.3, -0.25) is 4.99 Å². The third-order valence-electron chi connectivity index (χ3n) is 3.10. The minimum atomic E-state index is 0.190. The molecule has 0 spiro atoms. The van der Waals surface area contributed by atoms with Gasteiger partial charge in [0.1, 0.15) is 6.17 Å². The molecule has 0 saturated carbocycles. The first-order chi connectivity index (χ1) is 7.86. The standard InChI is InChI=1S/C14H14N2/c1-11-14(12-7-3-2-4-8-12)16-10-6-5-9-13(16)15-11/h2-10,13-14H,1H3. The summed E-state index contributed by atoms with van der Waals surface area (Å²) in [5.74, 6) is 0. The molecule has 2 aliphatic heterocycles. The number of nitrogens with zero attached hydrogens (tertiary/aromatic N) is 2. The van der Waals surface area contributed by atoms with Crippen molar-refractivity contribution in [2.45, 2.75) is 19.1 Å². The Morgan fingerprint density at radius 2 is 1.94 bits per heavy atom. The van der Waals surface area contributed by atoms with E-state index in [0.717, 1.165) is 0 Å². The maximum absolute atomic E-state index is 4.67. The molecule has 0 aromatic heterocycles. The van der Waals surface area contributed by atoms with E-state index in [2.05, 4.69) is 65.5 Å². The lowest BCUT2D eigenvalue weighted by atomic mass is 10.0. The van der Waals surface area contributed by atoms with Crippen LogP contribution in [-0.2, 0) is 0 Å². The Hall–Kier alpha value is -1.83. The van der Waals surface area contributed by atoms with Crippen molar-refractivity contribution in [3.05, 3.63) is 60.3 Å². The summed E-state index contributed by atoms with van der Waals surface area (Å²) in [6, 6.07) is 10.8. The first-order valence-electron chi connectivity index (χ1n) is 5.58. The highest BCUT2D eigenvalue weighted by atomic mass is 15.3. The Morgan fingerprint density at radius 1 is 1.12 bits per heavy atom. The number of allylic oxidation sites excluding steroid dienone is 2. The van der Waals surface area contributed by atoms with E-state index in [1.54, 1.807) is 0 Å². The van der Waals surface area contributed by atoms with Gasteiger partial charge in [-0.2, -0.15) is 0 Å². The molecule has 2 unspecified atom stereocenters. The number of hydrogen-bond acceptors (Lipinski definition) is 2. The number of benzene rings is 1. The Labute approximate surface area is 95.6 Å². The molecular formula is C14H14N2. The lowest BCUT2D eigenvalue weighted by Gasteiger charge is -2.28. The van der Waals surface area contributed by atoms with Gasteiger partial charge < -0.3 is 4.90 Å². The molecule has 0 bridgehead atoms. The quantitative estimate of drug-likeness (QED) is 0.696. The summed E-state index contributed by atoms with van der Waals surface area (Å²) >= 11 is 0. The smallest absolute Gasteiger partial charge is 0.140 e. The Kier molecular flexibility index (Phi) is 2.13. The zero-order valence-electron chi connectivity index (χ0n) is 9.25. The van der Waals surface area contributed by atoms with Crippen molar-refractivity contribution in [1.82, 2.24) is 4.90 Å². The van der Waals surface area contributed by atoms with Gasteiger partial charge in [0.15, 0.2) is 0 Å². The van der Waals surface area contributed by atoms with Gasteiger partial charge in [-0.25, -0.2) is 0 Å². The molecule has 0 fully saturated rings. The van der Waals surface area contributed by atoms with Crippen LogP contribution in [0.3, 0.4) is 0 Å². The lowest BCUT2D eigenvalue weighted by molar-refractivity contribution is 0.321. The fourth-order valence-corrected chi connectivity index (χ4v) is 2.39. The monoisotopic (exact) mass is 210 g/mol. The first kappa shape index (κ1) is 9.40. The Balaban J connectivity index is 2.00. The van der Waals surface area contributed by atoms with Crippen LogP contribution in [-0.4, -0.2) is 16.8 Å². The summed E-state index contributed by atoms with van der Waals surface area (Å²) in [6.07, 6.45) is 8.58. The van der Waals surface area contributed by atoms with Crippen LogP contribution < -0.4 is 0 Å². The van der Waals surface area contributed by atoms with Crippen LogP contribution in [0, 0.1) is 0 Å². The van der Waals surface area contributed by atoms with Crippen LogP contribution in [0.25, 0.3) is 0 Å². The normalized spacial score (nSPS) is 26.8. The van der Waals surface area contributed by atoms with Crippen molar-refractivity contribution < 1.29 is 0 Å². The molecule has 0 saturated heterocycles. The Bertz CT molecular complexity index is 471. The van der Waals surface area contributed by atoms with Gasteiger partial charge in [-0.1, -0.05) is 36.4 Å². The highest BCUT2D eigenvalue weighted by Gasteiger charge is 2.32. The van der Waals surface area contributed by atoms with Gasteiger partial charge in [0, 0.05) is 11.9 Å².